The summed E-state index contributed by atoms with van der Waals surface area (Å²) in [6.45, 7) is 3.82. The zero-order chi connectivity index (χ0) is 14.4. The lowest BCUT2D eigenvalue weighted by molar-refractivity contribution is -0.136. The number of amides is 2. The molecule has 0 radical (unpaired) electrons. The molecule has 0 saturated carbocycles. The number of nitrogens with one attached hydrogen (secondary N) is 1. The SMILES string of the molecule is CCC(C)C(=O)N(C)CC(=O)Nc1ccccc1Cl. The first-order valence-corrected chi connectivity index (χ1v) is 6.62. The number of rotatable bonds is 5. The quantitative estimate of drug-likeness (QED) is 0.903. The molecule has 1 aromatic rings. The molecule has 0 bridgehead atoms. The number of benzene rings is 1. The molecule has 1 unspecified atom stereocenters. The lowest BCUT2D eigenvalue weighted by atomic mass is 10.1. The third-order valence-corrected chi connectivity index (χ3v) is 3.27. The molecule has 0 spiro atoms. The van der Waals surface area contributed by atoms with Gasteiger partial charge in [-0.15, -0.1) is 0 Å². The zero-order valence-electron chi connectivity index (χ0n) is 11.4. The fraction of sp³-hybridized carbons (Fsp3) is 0.429. The van der Waals surface area contributed by atoms with Crippen molar-refractivity contribution in [2.24, 2.45) is 5.92 Å². The van der Waals surface area contributed by atoms with Gasteiger partial charge < -0.3 is 10.2 Å². The predicted octanol–water partition coefficient (Wildman–Crippen LogP) is 2.78. The maximum atomic E-state index is 11.8. The van der Waals surface area contributed by atoms with Gasteiger partial charge in [0, 0.05) is 13.0 Å². The number of nitrogens with zero attached hydrogens (tertiary/aromatic N) is 1. The lowest BCUT2D eigenvalue weighted by Crippen LogP contribution is -2.37. The maximum Gasteiger partial charge on any atom is 0.244 e. The Bertz CT molecular complexity index is 463. The molecule has 1 atom stereocenters. The van der Waals surface area contributed by atoms with Crippen molar-refractivity contribution in [2.75, 3.05) is 18.9 Å². The summed E-state index contributed by atoms with van der Waals surface area (Å²) < 4.78 is 0. The smallest absolute Gasteiger partial charge is 0.244 e. The molecule has 4 nitrogen and oxygen atoms in total. The van der Waals surface area contributed by atoms with E-state index < -0.39 is 0 Å². The van der Waals surface area contributed by atoms with E-state index >= 15 is 0 Å². The fourth-order valence-corrected chi connectivity index (χ4v) is 1.78. The molecule has 5 heteroatoms. The molecule has 1 rings (SSSR count). The van der Waals surface area contributed by atoms with Gasteiger partial charge in [-0.3, -0.25) is 9.59 Å². The molecule has 19 heavy (non-hydrogen) atoms. The topological polar surface area (TPSA) is 49.4 Å². The number of carbonyl (C=O) groups excluding carboxylic acids is 2. The molecule has 0 aliphatic rings. The predicted molar refractivity (Wildman–Crippen MR) is 77.2 cm³/mol. The Kier molecular flexibility index (Phi) is 5.83. The van der Waals surface area contributed by atoms with Crippen molar-refractivity contribution in [3.63, 3.8) is 0 Å². The summed E-state index contributed by atoms with van der Waals surface area (Å²) in [6, 6.07) is 6.99. The first kappa shape index (κ1) is 15.5. The van der Waals surface area contributed by atoms with Crippen LogP contribution in [0.2, 0.25) is 5.02 Å². The van der Waals surface area contributed by atoms with Gasteiger partial charge in [0.1, 0.15) is 0 Å². The standard InChI is InChI=1S/C14H19ClN2O2/c1-4-10(2)14(19)17(3)9-13(18)16-12-8-6-5-7-11(12)15/h5-8,10H,4,9H2,1-3H3,(H,16,18). The average molecular weight is 283 g/mol. The van der Waals surface area contributed by atoms with Crippen molar-refractivity contribution in [1.29, 1.82) is 0 Å². The first-order chi connectivity index (χ1) is 8.95. The third kappa shape index (κ3) is 4.56. The highest BCUT2D eigenvalue weighted by atomic mass is 35.5. The summed E-state index contributed by atoms with van der Waals surface area (Å²) >= 11 is 5.95. The molecule has 0 saturated heterocycles. The number of anilines is 1. The molecule has 0 aliphatic carbocycles. The second kappa shape index (κ2) is 7.14. The van der Waals surface area contributed by atoms with Crippen LogP contribution in [0.5, 0.6) is 0 Å². The van der Waals surface area contributed by atoms with E-state index in [1.807, 2.05) is 13.8 Å². The van der Waals surface area contributed by atoms with Crippen LogP contribution in [-0.2, 0) is 9.59 Å². The van der Waals surface area contributed by atoms with Gasteiger partial charge in [-0.1, -0.05) is 37.6 Å². The van der Waals surface area contributed by atoms with Crippen molar-refractivity contribution < 1.29 is 9.59 Å². The second-order valence-corrected chi connectivity index (χ2v) is 4.94. The minimum absolute atomic E-state index is 0.0222. The molecular formula is C14H19ClN2O2. The van der Waals surface area contributed by atoms with Crippen molar-refractivity contribution in [3.8, 4) is 0 Å². The summed E-state index contributed by atoms with van der Waals surface area (Å²) in [5.74, 6) is -0.359. The Morgan fingerprint density at radius 2 is 2.00 bits per heavy atom. The average Bonchev–Trinajstić information content (AvgIpc) is 2.39. The Labute approximate surface area is 118 Å². The highest BCUT2D eigenvalue weighted by molar-refractivity contribution is 6.33. The van der Waals surface area contributed by atoms with E-state index in [4.69, 9.17) is 11.6 Å². The van der Waals surface area contributed by atoms with Gasteiger partial charge >= 0.3 is 0 Å². The van der Waals surface area contributed by atoms with Gasteiger partial charge in [-0.25, -0.2) is 0 Å². The minimum Gasteiger partial charge on any atom is -0.336 e. The van der Waals surface area contributed by atoms with Crippen molar-refractivity contribution >= 4 is 29.1 Å². The Morgan fingerprint density at radius 3 is 2.58 bits per heavy atom. The van der Waals surface area contributed by atoms with Crippen LogP contribution in [0.1, 0.15) is 20.3 Å². The van der Waals surface area contributed by atoms with E-state index in [-0.39, 0.29) is 24.3 Å². The number of carbonyl (C=O) groups is 2. The summed E-state index contributed by atoms with van der Waals surface area (Å²) in [5.41, 5.74) is 0.554. The molecule has 104 valence electrons. The molecule has 0 heterocycles. The van der Waals surface area contributed by atoms with Gasteiger partial charge in [-0.05, 0) is 18.6 Å². The van der Waals surface area contributed by atoms with Crippen LogP contribution < -0.4 is 5.32 Å². The molecule has 0 aromatic heterocycles. The molecule has 0 fully saturated rings. The number of hydrogen-bond acceptors (Lipinski definition) is 2. The highest BCUT2D eigenvalue weighted by Crippen LogP contribution is 2.20. The largest absolute Gasteiger partial charge is 0.336 e. The van der Waals surface area contributed by atoms with Gasteiger partial charge in [0.15, 0.2) is 0 Å². The van der Waals surface area contributed by atoms with Crippen LogP contribution in [0.4, 0.5) is 5.69 Å². The first-order valence-electron chi connectivity index (χ1n) is 6.25. The van der Waals surface area contributed by atoms with Crippen LogP contribution >= 0.6 is 11.6 Å². The van der Waals surface area contributed by atoms with Crippen molar-refractivity contribution in [1.82, 2.24) is 4.90 Å². The highest BCUT2D eigenvalue weighted by Gasteiger charge is 2.18. The van der Waals surface area contributed by atoms with Gasteiger partial charge in [0.2, 0.25) is 11.8 Å². The van der Waals surface area contributed by atoms with E-state index in [0.717, 1.165) is 6.42 Å². The van der Waals surface area contributed by atoms with E-state index in [2.05, 4.69) is 5.32 Å². The minimum atomic E-state index is -0.257. The Balaban J connectivity index is 2.56. The van der Waals surface area contributed by atoms with E-state index in [1.54, 1.807) is 31.3 Å². The maximum absolute atomic E-state index is 11.8. The monoisotopic (exact) mass is 282 g/mol. The summed E-state index contributed by atoms with van der Waals surface area (Å²) in [7, 11) is 1.63. The van der Waals surface area contributed by atoms with Crippen LogP contribution in [0.3, 0.4) is 0 Å². The summed E-state index contributed by atoms with van der Waals surface area (Å²) in [4.78, 5) is 25.1. The summed E-state index contributed by atoms with van der Waals surface area (Å²) in [5, 5.41) is 3.17. The number of para-hydroxylation sites is 1. The molecular weight excluding hydrogens is 264 g/mol. The molecule has 2 amide bonds. The van der Waals surface area contributed by atoms with Crippen molar-refractivity contribution in [3.05, 3.63) is 29.3 Å². The number of halogens is 1. The van der Waals surface area contributed by atoms with Crippen LogP contribution in [0.15, 0.2) is 24.3 Å². The third-order valence-electron chi connectivity index (χ3n) is 2.94. The number of hydrogen-bond donors (Lipinski definition) is 1. The zero-order valence-corrected chi connectivity index (χ0v) is 12.2. The van der Waals surface area contributed by atoms with Crippen LogP contribution in [0, 0.1) is 5.92 Å². The molecule has 0 aliphatic heterocycles. The molecule has 1 aromatic carbocycles. The molecule has 1 N–H and O–H groups in total. The fourth-order valence-electron chi connectivity index (χ4n) is 1.60. The van der Waals surface area contributed by atoms with E-state index in [1.165, 1.54) is 4.90 Å². The van der Waals surface area contributed by atoms with Crippen LogP contribution in [-0.4, -0.2) is 30.3 Å². The van der Waals surface area contributed by atoms with Crippen molar-refractivity contribution in [2.45, 2.75) is 20.3 Å². The van der Waals surface area contributed by atoms with E-state index in [9.17, 15) is 9.59 Å². The Morgan fingerprint density at radius 1 is 1.37 bits per heavy atom. The van der Waals surface area contributed by atoms with Gasteiger partial charge in [0.25, 0.3) is 0 Å². The lowest BCUT2D eigenvalue weighted by Gasteiger charge is -2.20. The normalized spacial score (nSPS) is 11.8. The van der Waals surface area contributed by atoms with E-state index in [0.29, 0.717) is 10.7 Å². The van der Waals surface area contributed by atoms with Crippen LogP contribution in [0.25, 0.3) is 0 Å². The van der Waals surface area contributed by atoms with Gasteiger partial charge in [-0.2, -0.15) is 0 Å². The second-order valence-electron chi connectivity index (χ2n) is 4.53. The Hall–Kier alpha value is -1.55. The van der Waals surface area contributed by atoms with Gasteiger partial charge in [0.05, 0.1) is 17.3 Å². The number of likely N-dealkylation sites (N-methyl/N-ethyl adjacent to an activating group) is 1. The summed E-state index contributed by atoms with van der Waals surface area (Å²) in [6.07, 6.45) is 0.759.